The summed E-state index contributed by atoms with van der Waals surface area (Å²) in [6.07, 6.45) is -0.691. The Kier molecular flexibility index (Phi) is 4.63. The maximum Gasteiger partial charge on any atom is 0.408 e. The molecule has 3 rings (SSSR count). The van der Waals surface area contributed by atoms with Gasteiger partial charge in [0.2, 0.25) is 5.78 Å². The largest absolute Gasteiger partial charge is 0.453 e. The molecule has 0 aliphatic rings. The molecule has 1 aromatic carbocycles. The van der Waals surface area contributed by atoms with E-state index >= 15 is 0 Å². The number of para-hydroxylation sites is 2. The molecule has 8 heteroatoms. The molecule has 1 atom stereocenters. The maximum atomic E-state index is 12.5. The first kappa shape index (κ1) is 15.6. The molecule has 6 nitrogen and oxygen atoms in total. The van der Waals surface area contributed by atoms with E-state index in [1.54, 1.807) is 23.6 Å². The van der Waals surface area contributed by atoms with E-state index in [4.69, 9.17) is 4.42 Å². The summed E-state index contributed by atoms with van der Waals surface area (Å²) >= 11 is 2.34. The number of amides is 1. The molecule has 23 heavy (non-hydrogen) atoms. The number of oxazole rings is 1. The first-order chi connectivity index (χ1) is 11.2. The molecule has 118 valence electrons. The predicted molar refractivity (Wildman–Crippen MR) is 87.8 cm³/mol. The average molecular weight is 348 g/mol. The number of alkyl carbamates (subject to hydrolysis) is 1. The lowest BCUT2D eigenvalue weighted by molar-refractivity contribution is 0.0973. The third-order valence-electron chi connectivity index (χ3n) is 2.93. The van der Waals surface area contributed by atoms with E-state index in [0.717, 1.165) is 11.8 Å². The van der Waals surface area contributed by atoms with Gasteiger partial charge in [-0.2, -0.15) is 0 Å². The minimum Gasteiger partial charge on any atom is -0.453 e. The summed E-state index contributed by atoms with van der Waals surface area (Å²) in [7, 11) is 1.24. The number of hydrogen-bond acceptors (Lipinski definition) is 7. The van der Waals surface area contributed by atoms with Gasteiger partial charge in [0.05, 0.1) is 12.0 Å². The van der Waals surface area contributed by atoms with Gasteiger partial charge in [0.25, 0.3) is 5.22 Å². The van der Waals surface area contributed by atoms with E-state index in [9.17, 15) is 9.59 Å². The first-order valence-electron chi connectivity index (χ1n) is 6.62. The van der Waals surface area contributed by atoms with Crippen LogP contribution in [0.15, 0.2) is 51.4 Å². The van der Waals surface area contributed by atoms with Crippen molar-refractivity contribution in [1.29, 1.82) is 0 Å². The van der Waals surface area contributed by atoms with Crippen molar-refractivity contribution in [3.05, 3.63) is 46.7 Å². The summed E-state index contributed by atoms with van der Waals surface area (Å²) in [4.78, 5) is 28.9. The third kappa shape index (κ3) is 3.54. The van der Waals surface area contributed by atoms with Crippen molar-refractivity contribution in [2.75, 3.05) is 7.11 Å². The fourth-order valence-electron chi connectivity index (χ4n) is 1.86. The smallest absolute Gasteiger partial charge is 0.408 e. The van der Waals surface area contributed by atoms with Gasteiger partial charge in [0, 0.05) is 0 Å². The van der Waals surface area contributed by atoms with Crippen LogP contribution in [0.3, 0.4) is 0 Å². The number of nitrogens with zero attached hydrogens (tertiary/aromatic N) is 1. The standard InChI is InChI=1S/C15H12N2O4S2/c1-20-14(19)17-13(12(18)11-7-4-8-22-11)23-15-16-9-5-2-3-6-10(9)21-15/h2-8,13H,1H3,(H,17,19)/t13-/m1/s1. The first-order valence-corrected chi connectivity index (χ1v) is 8.38. The van der Waals surface area contributed by atoms with Crippen LogP contribution in [0.5, 0.6) is 0 Å². The number of methoxy groups -OCH3 is 1. The van der Waals surface area contributed by atoms with E-state index in [0.29, 0.717) is 21.2 Å². The number of carbonyl (C=O) groups is 2. The number of Topliss-reactive ketones (excluding diaryl/α,β-unsaturated/α-hetero) is 1. The molecule has 0 aliphatic heterocycles. The van der Waals surface area contributed by atoms with Crippen molar-refractivity contribution >= 4 is 46.1 Å². The number of ketones is 1. The van der Waals surface area contributed by atoms with Gasteiger partial charge in [-0.05, 0) is 35.3 Å². The Balaban J connectivity index is 1.85. The number of rotatable bonds is 5. The molecule has 1 N–H and O–H groups in total. The second kappa shape index (κ2) is 6.84. The van der Waals surface area contributed by atoms with Crippen LogP contribution >= 0.6 is 23.1 Å². The van der Waals surface area contributed by atoms with Gasteiger partial charge in [0.15, 0.2) is 11.0 Å². The molecule has 0 radical (unpaired) electrons. The number of aromatic nitrogens is 1. The summed E-state index contributed by atoms with van der Waals surface area (Å²) in [5.41, 5.74) is 1.31. The van der Waals surface area contributed by atoms with E-state index in [1.807, 2.05) is 18.2 Å². The molecular formula is C15H12N2O4S2. The van der Waals surface area contributed by atoms with Gasteiger partial charge in [0.1, 0.15) is 5.52 Å². The third-order valence-corrected chi connectivity index (χ3v) is 4.76. The van der Waals surface area contributed by atoms with Crippen LogP contribution in [0, 0.1) is 0 Å². The zero-order chi connectivity index (χ0) is 16.2. The fourth-order valence-corrected chi connectivity index (χ4v) is 3.51. The number of fused-ring (bicyclic) bond motifs is 1. The molecule has 0 saturated carbocycles. The van der Waals surface area contributed by atoms with Crippen LogP contribution in [0.2, 0.25) is 0 Å². The lowest BCUT2D eigenvalue weighted by Gasteiger charge is -2.13. The van der Waals surface area contributed by atoms with Crippen LogP contribution in [-0.2, 0) is 4.74 Å². The second-order valence-corrected chi connectivity index (χ2v) is 6.43. The Morgan fingerprint density at radius 3 is 2.83 bits per heavy atom. The molecule has 0 spiro atoms. The molecule has 2 heterocycles. The van der Waals surface area contributed by atoms with Crippen LogP contribution in [-0.4, -0.2) is 29.3 Å². The van der Waals surface area contributed by atoms with Crippen molar-refractivity contribution in [3.63, 3.8) is 0 Å². The van der Waals surface area contributed by atoms with Gasteiger partial charge in [-0.1, -0.05) is 18.2 Å². The van der Waals surface area contributed by atoms with E-state index in [1.165, 1.54) is 18.4 Å². The molecule has 1 amide bonds. The molecule has 0 bridgehead atoms. The van der Waals surface area contributed by atoms with Gasteiger partial charge in [-0.25, -0.2) is 9.78 Å². The number of thioether (sulfide) groups is 1. The number of ether oxygens (including phenoxy) is 1. The van der Waals surface area contributed by atoms with Gasteiger partial charge in [-0.3, -0.25) is 4.79 Å². The molecule has 0 unspecified atom stereocenters. The predicted octanol–water partition coefficient (Wildman–Crippen LogP) is 3.55. The summed E-state index contributed by atoms with van der Waals surface area (Å²) < 4.78 is 10.2. The highest BCUT2D eigenvalue weighted by molar-refractivity contribution is 8.00. The normalized spacial score (nSPS) is 12.0. The van der Waals surface area contributed by atoms with Crippen molar-refractivity contribution in [2.45, 2.75) is 10.6 Å². The van der Waals surface area contributed by atoms with Crippen molar-refractivity contribution < 1.29 is 18.7 Å². The van der Waals surface area contributed by atoms with Crippen LogP contribution in [0.25, 0.3) is 11.1 Å². The second-order valence-electron chi connectivity index (χ2n) is 4.42. The molecule has 0 fully saturated rings. The van der Waals surface area contributed by atoms with Crippen molar-refractivity contribution in [3.8, 4) is 0 Å². The van der Waals surface area contributed by atoms with Gasteiger partial charge < -0.3 is 14.5 Å². The summed E-state index contributed by atoms with van der Waals surface area (Å²) in [6.45, 7) is 0. The van der Waals surface area contributed by atoms with Crippen LogP contribution in [0.1, 0.15) is 9.67 Å². The zero-order valence-electron chi connectivity index (χ0n) is 12.0. The van der Waals surface area contributed by atoms with Gasteiger partial charge >= 0.3 is 6.09 Å². The number of hydrogen-bond donors (Lipinski definition) is 1. The van der Waals surface area contributed by atoms with E-state index < -0.39 is 11.5 Å². The summed E-state index contributed by atoms with van der Waals surface area (Å²) in [6, 6.07) is 10.8. The van der Waals surface area contributed by atoms with E-state index in [2.05, 4.69) is 15.0 Å². The maximum absolute atomic E-state index is 12.5. The number of benzene rings is 1. The number of carbonyl (C=O) groups excluding carboxylic acids is 2. The Morgan fingerprint density at radius 1 is 1.30 bits per heavy atom. The minimum atomic E-state index is -0.880. The van der Waals surface area contributed by atoms with Crippen LogP contribution in [0.4, 0.5) is 4.79 Å². The molecule has 2 aromatic heterocycles. The quantitative estimate of drug-likeness (QED) is 0.431. The highest BCUT2D eigenvalue weighted by Gasteiger charge is 2.26. The molecular weight excluding hydrogens is 336 g/mol. The van der Waals surface area contributed by atoms with Crippen molar-refractivity contribution in [1.82, 2.24) is 10.3 Å². The Bertz CT molecular complexity index is 796. The van der Waals surface area contributed by atoms with E-state index in [-0.39, 0.29) is 5.78 Å². The SMILES string of the molecule is COC(=O)N[C@H](Sc1nc2ccccc2o1)C(=O)c1cccs1. The monoisotopic (exact) mass is 348 g/mol. The fraction of sp³-hybridized carbons (Fsp3) is 0.133. The Hall–Kier alpha value is -2.32. The lowest BCUT2D eigenvalue weighted by Crippen LogP contribution is -2.38. The van der Waals surface area contributed by atoms with Crippen molar-refractivity contribution in [2.24, 2.45) is 0 Å². The lowest BCUT2D eigenvalue weighted by atomic mass is 10.3. The van der Waals surface area contributed by atoms with Crippen LogP contribution < -0.4 is 5.32 Å². The summed E-state index contributed by atoms with van der Waals surface area (Å²) in [5.74, 6) is -0.238. The zero-order valence-corrected chi connectivity index (χ0v) is 13.6. The Morgan fingerprint density at radius 2 is 2.13 bits per heavy atom. The number of thiophene rings is 1. The molecule has 0 saturated heterocycles. The minimum absolute atomic E-state index is 0.238. The average Bonchev–Trinajstić information content (AvgIpc) is 3.22. The van der Waals surface area contributed by atoms with Gasteiger partial charge in [-0.15, -0.1) is 11.3 Å². The topological polar surface area (TPSA) is 81.4 Å². The molecule has 0 aliphatic carbocycles. The number of nitrogens with one attached hydrogen (secondary N) is 1. The Labute approximate surface area is 139 Å². The summed E-state index contributed by atoms with van der Waals surface area (Å²) in [5, 5.41) is 3.73. The highest BCUT2D eigenvalue weighted by Crippen LogP contribution is 2.28. The molecule has 3 aromatic rings. The highest BCUT2D eigenvalue weighted by atomic mass is 32.2.